The van der Waals surface area contributed by atoms with Gasteiger partial charge in [-0.15, -0.1) is 22.9 Å². The fourth-order valence-electron chi connectivity index (χ4n) is 1.62. The van der Waals surface area contributed by atoms with Crippen molar-refractivity contribution >= 4 is 34.5 Å². The van der Waals surface area contributed by atoms with Crippen molar-refractivity contribution in [1.29, 1.82) is 0 Å². The first-order valence-electron chi connectivity index (χ1n) is 5.30. The van der Waals surface area contributed by atoms with Crippen molar-refractivity contribution < 1.29 is 0 Å². The van der Waals surface area contributed by atoms with Gasteiger partial charge in [0.05, 0.1) is 33.0 Å². The molecule has 0 fully saturated rings. The Hall–Kier alpha value is -0.580. The molecule has 0 spiro atoms. The molecule has 0 saturated carbocycles. The van der Waals surface area contributed by atoms with Gasteiger partial charge in [-0.1, -0.05) is 11.6 Å². The molecule has 17 heavy (non-hydrogen) atoms. The molecule has 2 heterocycles. The lowest BCUT2D eigenvalue weighted by Gasteiger charge is -2.01. The summed E-state index contributed by atoms with van der Waals surface area (Å²) in [6.45, 7) is 4.70. The van der Waals surface area contributed by atoms with Crippen molar-refractivity contribution in [3.63, 3.8) is 0 Å². The molecule has 0 bridgehead atoms. The molecule has 0 aliphatic carbocycles. The second kappa shape index (κ2) is 5.38. The van der Waals surface area contributed by atoms with Crippen LogP contribution in [0, 0.1) is 13.8 Å². The summed E-state index contributed by atoms with van der Waals surface area (Å²) in [5, 5.41) is 8.23. The molecule has 0 atom stereocenters. The zero-order chi connectivity index (χ0) is 12.4. The minimum atomic E-state index is 0.474. The molecule has 0 radical (unpaired) electrons. The second-order valence-electron chi connectivity index (χ2n) is 3.82. The van der Waals surface area contributed by atoms with E-state index < -0.39 is 0 Å². The maximum Gasteiger partial charge on any atom is 0.0947 e. The Kier molecular flexibility index (Phi) is 4.07. The smallest absolute Gasteiger partial charge is 0.0947 e. The van der Waals surface area contributed by atoms with Crippen LogP contribution in [-0.2, 0) is 18.8 Å². The van der Waals surface area contributed by atoms with Gasteiger partial charge in [-0.25, -0.2) is 4.98 Å². The van der Waals surface area contributed by atoms with Crippen molar-refractivity contribution in [2.75, 3.05) is 0 Å². The highest BCUT2D eigenvalue weighted by Gasteiger charge is 2.09. The third kappa shape index (κ3) is 2.81. The van der Waals surface area contributed by atoms with E-state index >= 15 is 0 Å². The molecule has 0 unspecified atom stereocenters. The first-order chi connectivity index (χ1) is 8.11. The van der Waals surface area contributed by atoms with Gasteiger partial charge in [0, 0.05) is 18.3 Å². The lowest BCUT2D eigenvalue weighted by atomic mass is 10.4. The van der Waals surface area contributed by atoms with Gasteiger partial charge in [-0.05, 0) is 13.8 Å². The predicted molar refractivity (Wildman–Crippen MR) is 72.1 cm³/mol. The number of aryl methyl sites for hydroxylation is 3. The van der Waals surface area contributed by atoms with Crippen LogP contribution in [0.25, 0.3) is 0 Å². The van der Waals surface area contributed by atoms with Gasteiger partial charge in [-0.2, -0.15) is 5.10 Å². The summed E-state index contributed by atoms with van der Waals surface area (Å²) in [4.78, 5) is 4.42. The number of hydrogen-bond acceptors (Lipinski definition) is 3. The Morgan fingerprint density at radius 2 is 2.18 bits per heavy atom. The molecule has 3 nitrogen and oxygen atoms in total. The van der Waals surface area contributed by atoms with E-state index in [0.29, 0.717) is 5.88 Å². The summed E-state index contributed by atoms with van der Waals surface area (Å²) < 4.78 is 1.93. The minimum Gasteiger partial charge on any atom is -0.268 e. The third-order valence-electron chi connectivity index (χ3n) is 2.57. The largest absolute Gasteiger partial charge is 0.268 e. The van der Waals surface area contributed by atoms with E-state index in [-0.39, 0.29) is 0 Å². The normalized spacial score (nSPS) is 11.1. The molecule has 0 N–H and O–H groups in total. The van der Waals surface area contributed by atoms with Gasteiger partial charge in [0.1, 0.15) is 0 Å². The molecular formula is C11H13Cl2N3S. The van der Waals surface area contributed by atoms with Crippen LogP contribution in [-0.4, -0.2) is 14.8 Å². The molecule has 0 amide bonds. The lowest BCUT2D eigenvalue weighted by molar-refractivity contribution is 0.592. The van der Waals surface area contributed by atoms with Gasteiger partial charge >= 0.3 is 0 Å². The topological polar surface area (TPSA) is 30.7 Å². The summed E-state index contributed by atoms with van der Waals surface area (Å²) in [6.07, 6.45) is 0.861. The summed E-state index contributed by atoms with van der Waals surface area (Å²) in [7, 11) is 0. The maximum atomic E-state index is 6.09. The number of halogens is 2. The van der Waals surface area contributed by atoms with Crippen molar-refractivity contribution in [1.82, 2.24) is 14.8 Å². The first kappa shape index (κ1) is 12.9. The molecule has 0 aliphatic heterocycles. The number of hydrogen-bond donors (Lipinski definition) is 0. The Morgan fingerprint density at radius 3 is 2.71 bits per heavy atom. The standard InChI is InChI=1S/C11H13Cl2N3S/c1-7-11(13)8(2)16(15-7)4-3-10-14-9(5-12)6-17-10/h6H,3-5H2,1-2H3. The fourth-order valence-corrected chi connectivity index (χ4v) is 2.77. The zero-order valence-corrected chi connectivity index (χ0v) is 12.0. The van der Waals surface area contributed by atoms with Gasteiger partial charge in [0.2, 0.25) is 0 Å². The van der Waals surface area contributed by atoms with E-state index in [0.717, 1.165) is 40.1 Å². The fraction of sp³-hybridized carbons (Fsp3) is 0.455. The van der Waals surface area contributed by atoms with Gasteiger partial charge in [0.25, 0.3) is 0 Å². The molecule has 2 aromatic heterocycles. The third-order valence-corrected chi connectivity index (χ3v) is 4.35. The molecular weight excluding hydrogens is 277 g/mol. The molecule has 2 rings (SSSR count). The van der Waals surface area contributed by atoms with Crippen LogP contribution in [0.15, 0.2) is 5.38 Å². The molecule has 0 aliphatic rings. The molecule has 0 saturated heterocycles. The molecule has 6 heteroatoms. The predicted octanol–water partition coefficient (Wildman–Crippen LogP) is 3.59. The number of thiazole rings is 1. The average Bonchev–Trinajstić information content (AvgIpc) is 2.88. The highest BCUT2D eigenvalue weighted by molar-refractivity contribution is 7.09. The summed E-state index contributed by atoms with van der Waals surface area (Å²) in [6, 6.07) is 0. The van der Waals surface area contributed by atoms with Crippen LogP contribution >= 0.6 is 34.5 Å². The van der Waals surface area contributed by atoms with Crippen LogP contribution in [0.5, 0.6) is 0 Å². The number of nitrogens with zero attached hydrogens (tertiary/aromatic N) is 3. The lowest BCUT2D eigenvalue weighted by Crippen LogP contribution is -2.05. The van der Waals surface area contributed by atoms with Crippen molar-refractivity contribution in [2.45, 2.75) is 32.7 Å². The Balaban J connectivity index is 2.04. The summed E-state index contributed by atoms with van der Waals surface area (Å²) >= 11 is 13.4. The van der Waals surface area contributed by atoms with Crippen molar-refractivity contribution in [3.05, 3.63) is 32.5 Å². The number of alkyl halides is 1. The maximum absolute atomic E-state index is 6.09. The van der Waals surface area contributed by atoms with Crippen molar-refractivity contribution in [2.24, 2.45) is 0 Å². The highest BCUT2D eigenvalue weighted by atomic mass is 35.5. The van der Waals surface area contributed by atoms with Crippen LogP contribution in [0.4, 0.5) is 0 Å². The Bertz CT molecular complexity index is 519. The van der Waals surface area contributed by atoms with Gasteiger partial charge in [-0.3, -0.25) is 4.68 Å². The van der Waals surface area contributed by atoms with Crippen LogP contribution < -0.4 is 0 Å². The monoisotopic (exact) mass is 289 g/mol. The highest BCUT2D eigenvalue weighted by Crippen LogP contribution is 2.19. The quantitative estimate of drug-likeness (QED) is 0.806. The van der Waals surface area contributed by atoms with Crippen LogP contribution in [0.1, 0.15) is 22.1 Å². The number of rotatable bonds is 4. The van der Waals surface area contributed by atoms with Gasteiger partial charge < -0.3 is 0 Å². The Morgan fingerprint density at radius 1 is 1.41 bits per heavy atom. The van der Waals surface area contributed by atoms with E-state index in [1.165, 1.54) is 0 Å². The minimum absolute atomic E-state index is 0.474. The van der Waals surface area contributed by atoms with E-state index in [9.17, 15) is 0 Å². The molecule has 92 valence electrons. The van der Waals surface area contributed by atoms with Gasteiger partial charge in [0.15, 0.2) is 0 Å². The van der Waals surface area contributed by atoms with E-state index in [1.807, 2.05) is 23.9 Å². The Labute approximate surface area is 114 Å². The molecule has 2 aromatic rings. The van der Waals surface area contributed by atoms with Crippen LogP contribution in [0.2, 0.25) is 5.02 Å². The zero-order valence-electron chi connectivity index (χ0n) is 9.70. The van der Waals surface area contributed by atoms with Crippen LogP contribution in [0.3, 0.4) is 0 Å². The average molecular weight is 290 g/mol. The molecule has 0 aromatic carbocycles. The van der Waals surface area contributed by atoms with Crippen molar-refractivity contribution in [3.8, 4) is 0 Å². The summed E-state index contributed by atoms with van der Waals surface area (Å²) in [5.74, 6) is 0.474. The number of aromatic nitrogens is 3. The van der Waals surface area contributed by atoms with E-state index in [1.54, 1.807) is 11.3 Å². The van der Waals surface area contributed by atoms with E-state index in [2.05, 4.69) is 10.1 Å². The SMILES string of the molecule is Cc1nn(CCc2nc(CCl)cs2)c(C)c1Cl. The second-order valence-corrected chi connectivity index (χ2v) is 5.41. The van der Waals surface area contributed by atoms with E-state index in [4.69, 9.17) is 23.2 Å². The summed E-state index contributed by atoms with van der Waals surface area (Å²) in [5.41, 5.74) is 2.83. The first-order valence-corrected chi connectivity index (χ1v) is 7.09.